The molecule has 24 heavy (non-hydrogen) atoms. The number of anilines is 1. The molecule has 0 aliphatic carbocycles. The highest BCUT2D eigenvalue weighted by Crippen LogP contribution is 2.27. The van der Waals surface area contributed by atoms with Crippen molar-refractivity contribution < 1.29 is 4.79 Å². The topological polar surface area (TPSA) is 44.1 Å². The predicted molar refractivity (Wildman–Crippen MR) is 100 cm³/mol. The molecule has 1 atom stereocenters. The highest BCUT2D eigenvalue weighted by atomic mass is 32.2. The van der Waals surface area contributed by atoms with Gasteiger partial charge in [-0.15, -0.1) is 11.8 Å². The summed E-state index contributed by atoms with van der Waals surface area (Å²) < 4.78 is 0. The van der Waals surface area contributed by atoms with Crippen LogP contribution in [0.1, 0.15) is 24.5 Å². The maximum absolute atomic E-state index is 12.9. The number of benzene rings is 2. The molecular weight excluding hydrogens is 316 g/mol. The van der Waals surface area contributed by atoms with Gasteiger partial charge < -0.3 is 4.90 Å². The highest BCUT2D eigenvalue weighted by Gasteiger charge is 2.22. The van der Waals surface area contributed by atoms with Crippen molar-refractivity contribution in [3.05, 3.63) is 59.7 Å². The lowest BCUT2D eigenvalue weighted by atomic mass is 10.2. The third-order valence-corrected chi connectivity index (χ3v) is 4.79. The largest absolute Gasteiger partial charge is 0.310 e. The third kappa shape index (κ3) is 4.87. The molecule has 0 saturated heterocycles. The van der Waals surface area contributed by atoms with Gasteiger partial charge in [0.15, 0.2) is 0 Å². The fraction of sp³-hybridized carbons (Fsp3) is 0.300. The molecule has 0 heterocycles. The number of carbonyl (C=O) groups is 1. The molecule has 0 aliphatic heterocycles. The van der Waals surface area contributed by atoms with Crippen molar-refractivity contribution in [2.75, 3.05) is 11.4 Å². The number of hydrogen-bond donors (Lipinski definition) is 0. The first-order valence-corrected chi connectivity index (χ1v) is 8.87. The Morgan fingerprint density at radius 2 is 1.88 bits per heavy atom. The van der Waals surface area contributed by atoms with E-state index in [0.717, 1.165) is 16.1 Å². The van der Waals surface area contributed by atoms with Crippen molar-refractivity contribution in [3.63, 3.8) is 0 Å². The van der Waals surface area contributed by atoms with Gasteiger partial charge in [0, 0.05) is 17.1 Å². The number of nitriles is 1. The molecule has 0 saturated carbocycles. The van der Waals surface area contributed by atoms with Gasteiger partial charge in [-0.2, -0.15) is 5.26 Å². The van der Waals surface area contributed by atoms with Crippen molar-refractivity contribution in [2.45, 2.75) is 37.3 Å². The molecule has 1 amide bonds. The van der Waals surface area contributed by atoms with E-state index < -0.39 is 0 Å². The third-order valence-electron chi connectivity index (χ3n) is 3.71. The van der Waals surface area contributed by atoms with Crippen molar-refractivity contribution in [1.82, 2.24) is 0 Å². The van der Waals surface area contributed by atoms with Gasteiger partial charge in [-0.05, 0) is 45.0 Å². The van der Waals surface area contributed by atoms with Gasteiger partial charge in [0.2, 0.25) is 5.91 Å². The van der Waals surface area contributed by atoms with E-state index in [1.54, 1.807) is 16.7 Å². The number of thioether (sulfide) groups is 1. The van der Waals surface area contributed by atoms with E-state index in [2.05, 4.69) is 12.1 Å². The van der Waals surface area contributed by atoms with Crippen LogP contribution in [0.5, 0.6) is 0 Å². The normalized spacial score (nSPS) is 11.6. The Kier molecular flexibility index (Phi) is 6.45. The maximum Gasteiger partial charge on any atom is 0.240 e. The average molecular weight is 338 g/mol. The molecular formula is C20H22N2OS. The van der Waals surface area contributed by atoms with E-state index in [1.807, 2.05) is 63.2 Å². The fourth-order valence-corrected chi connectivity index (χ4v) is 3.46. The summed E-state index contributed by atoms with van der Waals surface area (Å²) in [6.07, 6.45) is 0.321. The van der Waals surface area contributed by atoms with Crippen LogP contribution in [-0.4, -0.2) is 17.7 Å². The van der Waals surface area contributed by atoms with Gasteiger partial charge in [0.25, 0.3) is 0 Å². The van der Waals surface area contributed by atoms with Gasteiger partial charge in [0.1, 0.15) is 0 Å². The molecule has 0 aliphatic rings. The van der Waals surface area contributed by atoms with Gasteiger partial charge >= 0.3 is 0 Å². The van der Waals surface area contributed by atoms with Crippen LogP contribution in [0, 0.1) is 25.2 Å². The number of hydrogen-bond acceptors (Lipinski definition) is 3. The first kappa shape index (κ1) is 18.1. The Balaban J connectivity index is 2.17. The number of carbonyl (C=O) groups excluding carboxylic acids is 1. The van der Waals surface area contributed by atoms with Crippen LogP contribution in [-0.2, 0) is 4.79 Å². The van der Waals surface area contributed by atoms with E-state index in [9.17, 15) is 4.79 Å². The summed E-state index contributed by atoms with van der Waals surface area (Å²) >= 11 is 1.55. The Morgan fingerprint density at radius 1 is 1.17 bits per heavy atom. The van der Waals surface area contributed by atoms with Crippen LogP contribution >= 0.6 is 11.8 Å². The lowest BCUT2D eigenvalue weighted by molar-refractivity contribution is -0.117. The Bertz CT molecular complexity index is 734. The van der Waals surface area contributed by atoms with E-state index in [4.69, 9.17) is 5.26 Å². The van der Waals surface area contributed by atoms with Crippen molar-refractivity contribution >= 4 is 23.4 Å². The fourth-order valence-electron chi connectivity index (χ4n) is 2.42. The molecule has 2 aromatic rings. The summed E-state index contributed by atoms with van der Waals surface area (Å²) in [6, 6.07) is 18.1. The van der Waals surface area contributed by atoms with Crippen LogP contribution < -0.4 is 4.90 Å². The lowest BCUT2D eigenvalue weighted by Gasteiger charge is -2.25. The standard InChI is InChI=1S/C20H22N2OS/c1-15-8-10-18(11-9-15)22(13-5-12-21)20(23)17(3)24-19-7-4-6-16(2)14-19/h4,6-11,14,17H,5,13H2,1-3H3. The second-order valence-electron chi connectivity index (χ2n) is 5.81. The minimum Gasteiger partial charge on any atom is -0.310 e. The van der Waals surface area contributed by atoms with Gasteiger partial charge in [-0.25, -0.2) is 0 Å². The number of rotatable bonds is 6. The quantitative estimate of drug-likeness (QED) is 0.715. The Morgan fingerprint density at radius 3 is 2.50 bits per heavy atom. The molecule has 2 aromatic carbocycles. The molecule has 0 radical (unpaired) electrons. The SMILES string of the molecule is Cc1ccc(N(CCC#N)C(=O)C(C)Sc2cccc(C)c2)cc1. The molecule has 4 heteroatoms. The minimum atomic E-state index is -0.216. The molecule has 0 N–H and O–H groups in total. The molecule has 124 valence electrons. The Labute approximate surface area is 148 Å². The summed E-state index contributed by atoms with van der Waals surface area (Å²) in [6.45, 7) is 6.39. The minimum absolute atomic E-state index is 0.0283. The van der Waals surface area contributed by atoms with Crippen LogP contribution in [0.25, 0.3) is 0 Å². The zero-order valence-corrected chi connectivity index (χ0v) is 15.1. The molecule has 0 fully saturated rings. The van der Waals surface area contributed by atoms with Gasteiger partial charge in [0.05, 0.1) is 17.7 Å². The molecule has 3 nitrogen and oxygen atoms in total. The number of aryl methyl sites for hydroxylation is 2. The van der Waals surface area contributed by atoms with Crippen LogP contribution in [0.3, 0.4) is 0 Å². The summed E-state index contributed by atoms with van der Waals surface area (Å²) in [5.41, 5.74) is 3.17. The van der Waals surface area contributed by atoms with Crippen LogP contribution in [0.2, 0.25) is 0 Å². The van der Waals surface area contributed by atoms with Crippen molar-refractivity contribution in [2.24, 2.45) is 0 Å². The summed E-state index contributed by atoms with van der Waals surface area (Å²) in [5, 5.41) is 8.68. The first-order valence-electron chi connectivity index (χ1n) is 7.99. The zero-order valence-electron chi connectivity index (χ0n) is 14.3. The molecule has 1 unspecified atom stereocenters. The second kappa shape index (κ2) is 8.56. The molecule has 0 spiro atoms. The van der Waals surface area contributed by atoms with Gasteiger partial charge in [-0.1, -0.05) is 35.4 Å². The first-order chi connectivity index (χ1) is 11.5. The monoisotopic (exact) mass is 338 g/mol. The van der Waals surface area contributed by atoms with Crippen LogP contribution in [0.4, 0.5) is 5.69 Å². The van der Waals surface area contributed by atoms with Crippen molar-refractivity contribution in [3.8, 4) is 6.07 Å². The maximum atomic E-state index is 12.9. The number of nitrogens with zero attached hydrogens (tertiary/aromatic N) is 2. The molecule has 0 bridgehead atoms. The zero-order chi connectivity index (χ0) is 17.5. The highest BCUT2D eigenvalue weighted by molar-refractivity contribution is 8.00. The van der Waals surface area contributed by atoms with E-state index >= 15 is 0 Å². The average Bonchev–Trinajstić information content (AvgIpc) is 2.56. The second-order valence-corrected chi connectivity index (χ2v) is 7.22. The summed E-state index contributed by atoms with van der Waals surface area (Å²) in [5.74, 6) is 0.0283. The van der Waals surface area contributed by atoms with Crippen molar-refractivity contribution in [1.29, 1.82) is 5.26 Å². The van der Waals surface area contributed by atoms with Gasteiger partial charge in [-0.3, -0.25) is 4.79 Å². The number of amides is 1. The predicted octanol–water partition coefficient (Wildman–Crippen LogP) is 4.73. The smallest absolute Gasteiger partial charge is 0.240 e. The van der Waals surface area contributed by atoms with E-state index in [-0.39, 0.29) is 11.2 Å². The Hall–Kier alpha value is -2.25. The molecule has 0 aromatic heterocycles. The van der Waals surface area contributed by atoms with E-state index in [1.165, 1.54) is 5.56 Å². The van der Waals surface area contributed by atoms with E-state index in [0.29, 0.717) is 13.0 Å². The lowest BCUT2D eigenvalue weighted by Crippen LogP contribution is -2.37. The van der Waals surface area contributed by atoms with Crippen LogP contribution in [0.15, 0.2) is 53.4 Å². The summed E-state index contributed by atoms with van der Waals surface area (Å²) in [4.78, 5) is 15.7. The molecule has 2 rings (SSSR count). The summed E-state index contributed by atoms with van der Waals surface area (Å²) in [7, 11) is 0.